The molecule has 0 heterocycles. The van der Waals surface area contributed by atoms with Crippen LogP contribution in [-0.4, -0.2) is 7.38 Å². The van der Waals surface area contributed by atoms with E-state index in [1.807, 2.05) is 6.07 Å². The van der Waals surface area contributed by atoms with Crippen molar-refractivity contribution in [2.45, 2.75) is 32.9 Å². The lowest BCUT2D eigenvalue weighted by Gasteiger charge is -2.20. The highest BCUT2D eigenvalue weighted by atomic mass is 35.6. The van der Waals surface area contributed by atoms with Crippen LogP contribution in [0, 0.1) is 5.92 Å². The van der Waals surface area contributed by atoms with Gasteiger partial charge in [-0.2, -0.15) is 11.1 Å². The molecule has 0 aliphatic rings. The van der Waals surface area contributed by atoms with Gasteiger partial charge in [0.25, 0.3) is 0 Å². The molecule has 0 aliphatic carbocycles. The maximum atomic E-state index is 6.64. The Morgan fingerprint density at radius 2 is 1.79 bits per heavy atom. The van der Waals surface area contributed by atoms with Gasteiger partial charge in [-0.15, -0.1) is 0 Å². The van der Waals surface area contributed by atoms with Gasteiger partial charge in [-0.05, 0) is 17.1 Å². The first-order valence-electron chi connectivity index (χ1n) is 5.27. The average Bonchev–Trinajstić information content (AvgIpc) is 2.16. The predicted molar refractivity (Wildman–Crippen MR) is 67.8 cm³/mol. The van der Waals surface area contributed by atoms with E-state index in [-0.39, 0.29) is 0 Å². The number of halogens is 1. The third-order valence-corrected chi connectivity index (χ3v) is 6.55. The van der Waals surface area contributed by atoms with Crippen molar-refractivity contribution in [1.82, 2.24) is 0 Å². The van der Waals surface area contributed by atoms with Crippen LogP contribution in [0.5, 0.6) is 0 Å². The SMILES string of the molecule is CC(C)CC[Si](C)(Cl)c1ccccc1. The Kier molecular flexibility index (Phi) is 4.21. The first-order chi connectivity index (χ1) is 6.52. The molecule has 14 heavy (non-hydrogen) atoms. The molecule has 2 heteroatoms. The zero-order chi connectivity index (χ0) is 10.6. The van der Waals surface area contributed by atoms with Gasteiger partial charge in [0.05, 0.1) is 0 Å². The predicted octanol–water partition coefficient (Wildman–Crippen LogP) is 3.75. The van der Waals surface area contributed by atoms with E-state index in [0.29, 0.717) is 0 Å². The molecule has 1 atom stereocenters. The lowest BCUT2D eigenvalue weighted by molar-refractivity contribution is 0.622. The van der Waals surface area contributed by atoms with Crippen molar-refractivity contribution in [3.05, 3.63) is 30.3 Å². The minimum atomic E-state index is -1.67. The molecule has 0 N–H and O–H groups in total. The smallest absolute Gasteiger partial charge is 0.161 e. The highest BCUT2D eigenvalue weighted by Gasteiger charge is 2.26. The van der Waals surface area contributed by atoms with E-state index in [0.717, 1.165) is 5.92 Å². The van der Waals surface area contributed by atoms with Crippen LogP contribution in [0.25, 0.3) is 0 Å². The fraction of sp³-hybridized carbons (Fsp3) is 0.500. The molecular formula is C12H19ClSi. The van der Waals surface area contributed by atoms with Crippen LogP contribution in [0.3, 0.4) is 0 Å². The molecule has 0 bridgehead atoms. The van der Waals surface area contributed by atoms with E-state index >= 15 is 0 Å². The molecule has 0 aromatic heterocycles. The maximum absolute atomic E-state index is 6.64. The van der Waals surface area contributed by atoms with Crippen LogP contribution in [0.1, 0.15) is 20.3 Å². The third kappa shape index (κ3) is 3.47. The van der Waals surface area contributed by atoms with E-state index in [1.54, 1.807) is 0 Å². The van der Waals surface area contributed by atoms with Gasteiger partial charge < -0.3 is 0 Å². The molecule has 1 unspecified atom stereocenters. The van der Waals surface area contributed by atoms with E-state index in [4.69, 9.17) is 11.1 Å². The monoisotopic (exact) mass is 226 g/mol. The molecule has 0 amide bonds. The van der Waals surface area contributed by atoms with E-state index in [1.165, 1.54) is 17.7 Å². The Hall–Kier alpha value is -0.273. The largest absolute Gasteiger partial charge is 0.183 e. The minimum Gasteiger partial charge on any atom is -0.161 e. The first-order valence-corrected chi connectivity index (χ1v) is 8.99. The molecular weight excluding hydrogens is 208 g/mol. The molecule has 0 saturated carbocycles. The fourth-order valence-electron chi connectivity index (χ4n) is 1.49. The van der Waals surface area contributed by atoms with Crippen molar-refractivity contribution in [2.24, 2.45) is 5.92 Å². The number of hydrogen-bond acceptors (Lipinski definition) is 0. The van der Waals surface area contributed by atoms with Gasteiger partial charge in [-0.3, -0.25) is 0 Å². The standard InChI is InChI=1S/C12H19ClSi/c1-11(2)9-10-14(3,13)12-7-5-4-6-8-12/h4-8,11H,9-10H2,1-3H3. The van der Waals surface area contributed by atoms with Gasteiger partial charge >= 0.3 is 0 Å². The van der Waals surface area contributed by atoms with Crippen LogP contribution in [-0.2, 0) is 0 Å². The fourth-order valence-corrected chi connectivity index (χ4v) is 4.49. The summed E-state index contributed by atoms with van der Waals surface area (Å²) in [5.74, 6) is 0.754. The first kappa shape index (κ1) is 11.8. The Morgan fingerprint density at radius 1 is 1.21 bits per heavy atom. The minimum absolute atomic E-state index is 0.754. The molecule has 0 saturated heterocycles. The summed E-state index contributed by atoms with van der Waals surface area (Å²) in [7, 11) is -1.67. The summed E-state index contributed by atoms with van der Waals surface area (Å²) in [5, 5.41) is 1.36. The Labute approximate surface area is 93.0 Å². The zero-order valence-corrected chi connectivity index (χ0v) is 11.0. The van der Waals surface area contributed by atoms with Crippen LogP contribution in [0.4, 0.5) is 0 Å². The zero-order valence-electron chi connectivity index (χ0n) is 9.26. The lowest BCUT2D eigenvalue weighted by Crippen LogP contribution is -2.38. The summed E-state index contributed by atoms with van der Waals surface area (Å²) in [6.45, 7) is 6.75. The summed E-state index contributed by atoms with van der Waals surface area (Å²) in [5.41, 5.74) is 0. The molecule has 1 aromatic rings. The van der Waals surface area contributed by atoms with Crippen molar-refractivity contribution < 1.29 is 0 Å². The second kappa shape index (κ2) is 4.99. The summed E-state index contributed by atoms with van der Waals surface area (Å²) >= 11 is 6.64. The van der Waals surface area contributed by atoms with Crippen molar-refractivity contribution in [2.75, 3.05) is 0 Å². The summed E-state index contributed by atoms with van der Waals surface area (Å²) < 4.78 is 0. The molecule has 0 aliphatic heterocycles. The van der Waals surface area contributed by atoms with Gasteiger partial charge in [0, 0.05) is 0 Å². The number of hydrogen-bond donors (Lipinski definition) is 0. The molecule has 0 fully saturated rings. The van der Waals surface area contributed by atoms with Crippen LogP contribution >= 0.6 is 11.1 Å². The number of rotatable bonds is 4. The van der Waals surface area contributed by atoms with Crippen LogP contribution < -0.4 is 5.19 Å². The molecule has 0 nitrogen and oxygen atoms in total. The summed E-state index contributed by atoms with van der Waals surface area (Å²) in [4.78, 5) is 0. The molecule has 0 radical (unpaired) electrons. The second-order valence-electron chi connectivity index (χ2n) is 4.50. The van der Waals surface area contributed by atoms with Gasteiger partial charge in [0.2, 0.25) is 0 Å². The molecule has 1 rings (SSSR count). The normalized spacial score (nSPS) is 15.5. The summed E-state index contributed by atoms with van der Waals surface area (Å²) in [6, 6.07) is 11.7. The van der Waals surface area contributed by atoms with Gasteiger partial charge in [-0.25, -0.2) is 0 Å². The molecule has 0 spiro atoms. The molecule has 1 aromatic carbocycles. The van der Waals surface area contributed by atoms with Crippen molar-refractivity contribution >= 4 is 23.6 Å². The lowest BCUT2D eigenvalue weighted by atomic mass is 10.2. The quantitative estimate of drug-likeness (QED) is 0.542. The Bertz CT molecular complexity index is 267. The topological polar surface area (TPSA) is 0 Å². The highest BCUT2D eigenvalue weighted by Crippen LogP contribution is 2.20. The van der Waals surface area contributed by atoms with E-state index < -0.39 is 7.38 Å². The Morgan fingerprint density at radius 3 is 2.29 bits per heavy atom. The Balaban J connectivity index is 2.66. The van der Waals surface area contributed by atoms with Crippen LogP contribution in [0.2, 0.25) is 12.6 Å². The van der Waals surface area contributed by atoms with Gasteiger partial charge in [0.1, 0.15) is 0 Å². The van der Waals surface area contributed by atoms with Crippen LogP contribution in [0.15, 0.2) is 30.3 Å². The van der Waals surface area contributed by atoms with Gasteiger partial charge in [0.15, 0.2) is 7.38 Å². The van der Waals surface area contributed by atoms with E-state index in [2.05, 4.69) is 44.7 Å². The van der Waals surface area contributed by atoms with E-state index in [9.17, 15) is 0 Å². The van der Waals surface area contributed by atoms with Crippen molar-refractivity contribution in [3.63, 3.8) is 0 Å². The average molecular weight is 227 g/mol. The highest BCUT2D eigenvalue weighted by molar-refractivity contribution is 7.26. The maximum Gasteiger partial charge on any atom is 0.183 e. The van der Waals surface area contributed by atoms with Crippen molar-refractivity contribution in [3.8, 4) is 0 Å². The van der Waals surface area contributed by atoms with Crippen molar-refractivity contribution in [1.29, 1.82) is 0 Å². The van der Waals surface area contributed by atoms with Gasteiger partial charge in [-0.1, -0.05) is 57.1 Å². The summed E-state index contributed by atoms with van der Waals surface area (Å²) in [6.07, 6.45) is 1.24. The second-order valence-corrected chi connectivity index (χ2v) is 10.5. The molecule has 78 valence electrons. The number of benzene rings is 1. The third-order valence-electron chi connectivity index (χ3n) is 2.57.